The molecule has 1 rings (SSSR count). The lowest BCUT2D eigenvalue weighted by atomic mass is 9.99. The Bertz CT molecular complexity index is 1530. The highest BCUT2D eigenvalue weighted by Crippen LogP contribution is 2.24. The number of carbonyl (C=O) groups is 2. The Kier molecular flexibility index (Phi) is 64.6. The Labute approximate surface area is 550 Å². The standard InChI is InChI=1S/C78H149NO10/c1-3-5-7-9-11-13-15-16-38-41-45-48-52-56-60-64-71(81)70(69-88-78-77(86)76(85)75(84)72(68-80)89-78)79-73(82)65-61-57-53-49-46-42-39-36-34-32-30-28-26-24-22-20-18-17-19-21-23-25-27-29-31-33-35-37-40-43-47-51-55-59-63-67-87-74(83)66-62-58-54-50-44-14-12-10-8-6-4-2/h45,48,60,64,70-72,75-78,80-81,84-86H,3-44,46-47,49-59,61-63,65-69H2,1-2H3,(H,79,82)/b48-45+,64-60+. The quantitative estimate of drug-likeness (QED) is 0.0195. The van der Waals surface area contributed by atoms with Crippen LogP contribution in [0.5, 0.6) is 0 Å². The molecule has 11 nitrogen and oxygen atoms in total. The van der Waals surface area contributed by atoms with Crippen LogP contribution in [0.2, 0.25) is 0 Å². The average Bonchev–Trinajstić information content (AvgIpc) is 2.74. The lowest BCUT2D eigenvalue weighted by molar-refractivity contribution is -0.302. The number of nitrogens with one attached hydrogen (secondary N) is 1. The van der Waals surface area contributed by atoms with Crippen LogP contribution >= 0.6 is 0 Å². The molecule has 0 aromatic heterocycles. The van der Waals surface area contributed by atoms with Crippen molar-refractivity contribution >= 4 is 11.9 Å². The maximum atomic E-state index is 13.1. The zero-order chi connectivity index (χ0) is 64.4. The summed E-state index contributed by atoms with van der Waals surface area (Å²) in [6, 6.07) is -0.824. The lowest BCUT2D eigenvalue weighted by Gasteiger charge is -2.40. The van der Waals surface area contributed by atoms with Crippen LogP contribution in [0, 0.1) is 0 Å². The van der Waals surface area contributed by atoms with Crippen molar-refractivity contribution in [2.24, 2.45) is 0 Å². The predicted octanol–water partition coefficient (Wildman–Crippen LogP) is 20.8. The topological polar surface area (TPSA) is 175 Å². The number of carbonyl (C=O) groups excluding carboxylic acids is 2. The Morgan fingerprint density at radius 3 is 1.11 bits per heavy atom. The lowest BCUT2D eigenvalue weighted by Crippen LogP contribution is -2.60. The van der Waals surface area contributed by atoms with Gasteiger partial charge < -0.3 is 45.1 Å². The molecule has 1 aliphatic rings. The second-order valence-electron chi connectivity index (χ2n) is 27.4. The summed E-state index contributed by atoms with van der Waals surface area (Å²) in [5, 5.41) is 54.6. The zero-order valence-corrected chi connectivity index (χ0v) is 58.7. The van der Waals surface area contributed by atoms with Gasteiger partial charge in [0.1, 0.15) is 24.4 Å². The fourth-order valence-electron chi connectivity index (χ4n) is 12.7. The Hall–Kier alpha value is -1.86. The van der Waals surface area contributed by atoms with Gasteiger partial charge in [-0.05, 0) is 44.9 Å². The van der Waals surface area contributed by atoms with Crippen molar-refractivity contribution in [1.82, 2.24) is 5.32 Å². The summed E-state index contributed by atoms with van der Waals surface area (Å²) in [5.74, 6) is -0.167. The molecule has 6 N–H and O–H groups in total. The van der Waals surface area contributed by atoms with Gasteiger partial charge in [-0.3, -0.25) is 9.59 Å². The number of aliphatic hydroxyl groups excluding tert-OH is 5. The molecule has 1 aliphatic heterocycles. The first-order chi connectivity index (χ1) is 43.7. The molecule has 0 aromatic rings. The third-order valence-corrected chi connectivity index (χ3v) is 18.8. The highest BCUT2D eigenvalue weighted by Gasteiger charge is 2.44. The van der Waals surface area contributed by atoms with Gasteiger partial charge >= 0.3 is 5.97 Å². The summed E-state index contributed by atoms with van der Waals surface area (Å²) in [7, 11) is 0. The molecule has 0 saturated carbocycles. The van der Waals surface area contributed by atoms with Crippen LogP contribution in [-0.4, -0.2) is 100 Å². The number of ether oxygens (including phenoxy) is 3. The van der Waals surface area contributed by atoms with Gasteiger partial charge in [0.2, 0.25) is 5.91 Å². The van der Waals surface area contributed by atoms with Crippen molar-refractivity contribution < 1.29 is 49.3 Å². The molecule has 7 atom stereocenters. The van der Waals surface area contributed by atoms with Gasteiger partial charge in [0.25, 0.3) is 0 Å². The van der Waals surface area contributed by atoms with Crippen molar-refractivity contribution in [2.75, 3.05) is 19.8 Å². The maximum Gasteiger partial charge on any atom is 0.305 e. The van der Waals surface area contributed by atoms with Crippen LogP contribution in [0.4, 0.5) is 0 Å². The molecule has 0 bridgehead atoms. The highest BCUT2D eigenvalue weighted by molar-refractivity contribution is 5.76. The largest absolute Gasteiger partial charge is 0.466 e. The first kappa shape index (κ1) is 85.2. The first-order valence-corrected chi connectivity index (χ1v) is 39.1. The van der Waals surface area contributed by atoms with E-state index >= 15 is 0 Å². The molecule has 11 heteroatoms. The fourth-order valence-corrected chi connectivity index (χ4v) is 12.7. The van der Waals surface area contributed by atoms with E-state index < -0.39 is 49.5 Å². The van der Waals surface area contributed by atoms with E-state index in [0.29, 0.717) is 19.4 Å². The smallest absolute Gasteiger partial charge is 0.305 e. The van der Waals surface area contributed by atoms with E-state index in [-0.39, 0.29) is 18.5 Å². The van der Waals surface area contributed by atoms with E-state index in [2.05, 4.69) is 31.3 Å². The summed E-state index contributed by atoms with van der Waals surface area (Å²) in [5.41, 5.74) is 0. The predicted molar refractivity (Wildman–Crippen MR) is 375 cm³/mol. The van der Waals surface area contributed by atoms with Crippen LogP contribution in [-0.2, 0) is 23.8 Å². The molecule has 1 fully saturated rings. The molecular weight excluding hydrogens is 1110 g/mol. The van der Waals surface area contributed by atoms with Gasteiger partial charge in [0.15, 0.2) is 6.29 Å². The van der Waals surface area contributed by atoms with E-state index in [1.54, 1.807) is 6.08 Å². The Morgan fingerprint density at radius 2 is 0.730 bits per heavy atom. The van der Waals surface area contributed by atoms with Crippen molar-refractivity contribution in [1.29, 1.82) is 0 Å². The number of allylic oxidation sites excluding steroid dienone is 3. The molecule has 0 aromatic carbocycles. The fraction of sp³-hybridized carbons (Fsp3) is 0.923. The molecule has 526 valence electrons. The van der Waals surface area contributed by atoms with E-state index in [9.17, 15) is 35.1 Å². The van der Waals surface area contributed by atoms with Crippen molar-refractivity contribution in [2.45, 2.75) is 442 Å². The van der Waals surface area contributed by atoms with E-state index in [4.69, 9.17) is 14.2 Å². The van der Waals surface area contributed by atoms with Gasteiger partial charge in [-0.15, -0.1) is 0 Å². The minimum absolute atomic E-state index is 0.0162. The number of aliphatic hydroxyl groups is 5. The van der Waals surface area contributed by atoms with Crippen molar-refractivity contribution in [3.63, 3.8) is 0 Å². The van der Waals surface area contributed by atoms with Crippen molar-refractivity contribution in [3.8, 4) is 0 Å². The average molecular weight is 1260 g/mol. The maximum absolute atomic E-state index is 13.1. The number of hydrogen-bond acceptors (Lipinski definition) is 10. The monoisotopic (exact) mass is 1260 g/mol. The number of hydrogen-bond donors (Lipinski definition) is 6. The molecule has 89 heavy (non-hydrogen) atoms. The molecular formula is C78H149NO10. The second kappa shape index (κ2) is 67.6. The summed E-state index contributed by atoms with van der Waals surface area (Å²) in [6.07, 6.45) is 76.3. The van der Waals surface area contributed by atoms with Crippen LogP contribution in [0.3, 0.4) is 0 Å². The Morgan fingerprint density at radius 1 is 0.404 bits per heavy atom. The van der Waals surface area contributed by atoms with Gasteiger partial charge in [0, 0.05) is 12.8 Å². The van der Waals surface area contributed by atoms with E-state index in [1.807, 2.05) is 6.08 Å². The minimum Gasteiger partial charge on any atom is -0.466 e. The summed E-state index contributed by atoms with van der Waals surface area (Å²) < 4.78 is 16.8. The third-order valence-electron chi connectivity index (χ3n) is 18.8. The first-order valence-electron chi connectivity index (χ1n) is 39.1. The summed E-state index contributed by atoms with van der Waals surface area (Å²) >= 11 is 0. The highest BCUT2D eigenvalue weighted by atomic mass is 16.7. The number of esters is 1. The number of amides is 1. The van der Waals surface area contributed by atoms with Crippen LogP contribution in [0.1, 0.15) is 399 Å². The Balaban J connectivity index is 1.93. The SMILES string of the molecule is CCCCCCCCCCC/C=C/CC/C=C/C(O)C(COC1OC(CO)C(O)C(O)C1O)NC(=O)CCCCCCCCCCCCCCCCCCCCCCCCCCCCCCCCCCCCCOC(=O)CCCCCCCCCCCCC. The molecule has 7 unspecified atom stereocenters. The van der Waals surface area contributed by atoms with Crippen LogP contribution < -0.4 is 5.32 Å². The van der Waals surface area contributed by atoms with Gasteiger partial charge in [-0.2, -0.15) is 0 Å². The van der Waals surface area contributed by atoms with Crippen LogP contribution in [0.15, 0.2) is 24.3 Å². The van der Waals surface area contributed by atoms with Crippen LogP contribution in [0.25, 0.3) is 0 Å². The van der Waals surface area contributed by atoms with Gasteiger partial charge in [-0.25, -0.2) is 0 Å². The van der Waals surface area contributed by atoms with Gasteiger partial charge in [0.05, 0.1) is 32.0 Å². The zero-order valence-electron chi connectivity index (χ0n) is 58.7. The summed E-state index contributed by atoms with van der Waals surface area (Å²) in [4.78, 5) is 25.1. The van der Waals surface area contributed by atoms with E-state index in [0.717, 1.165) is 51.4 Å². The minimum atomic E-state index is -1.57. The third kappa shape index (κ3) is 56.2. The van der Waals surface area contributed by atoms with Crippen molar-refractivity contribution in [3.05, 3.63) is 24.3 Å². The molecule has 0 spiro atoms. The molecule has 1 amide bonds. The molecule has 0 aliphatic carbocycles. The summed E-state index contributed by atoms with van der Waals surface area (Å²) in [6.45, 7) is 4.38. The molecule has 0 radical (unpaired) electrons. The van der Waals surface area contributed by atoms with E-state index in [1.165, 1.54) is 321 Å². The number of rotatable bonds is 70. The second-order valence-corrected chi connectivity index (χ2v) is 27.4. The normalized spacial score (nSPS) is 17.8. The number of unbranched alkanes of at least 4 members (excludes halogenated alkanes) is 54. The molecule has 1 saturated heterocycles. The molecule has 1 heterocycles. The van der Waals surface area contributed by atoms with Gasteiger partial charge in [-0.1, -0.05) is 366 Å².